The molecule has 1 N–H and O–H groups in total. The largest absolute Gasteiger partial charge is 0.507 e. The fourth-order valence-corrected chi connectivity index (χ4v) is 4.31. The second-order valence-electron chi connectivity index (χ2n) is 5.61. The van der Waals surface area contributed by atoms with Gasteiger partial charge in [-0.2, -0.15) is 0 Å². The van der Waals surface area contributed by atoms with Gasteiger partial charge in [0.15, 0.2) is 9.84 Å². The number of rotatable bonds is 6. The zero-order valence-electron chi connectivity index (χ0n) is 12.6. The van der Waals surface area contributed by atoms with Crippen LogP contribution in [-0.4, -0.2) is 49.6 Å². The molecule has 5 nitrogen and oxygen atoms in total. The van der Waals surface area contributed by atoms with Gasteiger partial charge >= 0.3 is 0 Å². The van der Waals surface area contributed by atoms with Crippen molar-refractivity contribution in [3.05, 3.63) is 23.8 Å². The van der Waals surface area contributed by atoms with E-state index in [1.807, 2.05) is 31.0 Å². The van der Waals surface area contributed by atoms with E-state index in [9.17, 15) is 13.5 Å². The number of aromatic hydroxyl groups is 1. The van der Waals surface area contributed by atoms with Crippen molar-refractivity contribution in [3.63, 3.8) is 0 Å². The fourth-order valence-electron chi connectivity index (χ4n) is 2.51. The highest BCUT2D eigenvalue weighted by molar-refractivity contribution is 7.91. The van der Waals surface area contributed by atoms with Gasteiger partial charge in [0.05, 0.1) is 18.1 Å². The molecule has 21 heavy (non-hydrogen) atoms. The van der Waals surface area contributed by atoms with Gasteiger partial charge in [0.1, 0.15) is 11.5 Å². The summed E-state index contributed by atoms with van der Waals surface area (Å²) in [5, 5.41) is 10.1. The van der Waals surface area contributed by atoms with E-state index in [4.69, 9.17) is 4.74 Å². The van der Waals surface area contributed by atoms with Gasteiger partial charge in [-0.05, 0) is 26.0 Å². The van der Waals surface area contributed by atoms with Crippen molar-refractivity contribution in [2.75, 3.05) is 25.2 Å². The molecule has 2 rings (SSSR count). The summed E-state index contributed by atoms with van der Waals surface area (Å²) in [5.41, 5.74) is 0.783. The summed E-state index contributed by atoms with van der Waals surface area (Å²) in [6, 6.07) is 5.32. The van der Waals surface area contributed by atoms with Gasteiger partial charge < -0.3 is 9.84 Å². The molecule has 1 aromatic rings. The Kier molecular flexibility index (Phi) is 5.11. The first-order chi connectivity index (χ1) is 9.91. The van der Waals surface area contributed by atoms with E-state index in [0.717, 1.165) is 12.0 Å². The van der Waals surface area contributed by atoms with Crippen LogP contribution in [0.3, 0.4) is 0 Å². The maximum atomic E-state index is 11.5. The first kappa shape index (κ1) is 16.1. The summed E-state index contributed by atoms with van der Waals surface area (Å²) in [6.07, 6.45) is 1.58. The first-order valence-corrected chi connectivity index (χ1v) is 9.09. The van der Waals surface area contributed by atoms with Gasteiger partial charge in [-0.3, -0.25) is 4.90 Å². The summed E-state index contributed by atoms with van der Waals surface area (Å²) in [7, 11) is -0.989. The van der Waals surface area contributed by atoms with Gasteiger partial charge in [-0.1, -0.05) is 13.0 Å². The zero-order chi connectivity index (χ0) is 15.5. The average molecular weight is 313 g/mol. The molecule has 1 aliphatic rings. The van der Waals surface area contributed by atoms with Crippen LogP contribution in [0.4, 0.5) is 0 Å². The topological polar surface area (TPSA) is 66.8 Å². The SMILES string of the molecule is CCCOc1ccc(CN(C)C2CCS(=O)(=O)C2)c(O)c1. The Morgan fingerprint density at radius 2 is 2.19 bits per heavy atom. The molecule has 1 aromatic carbocycles. The third-order valence-electron chi connectivity index (χ3n) is 3.78. The van der Waals surface area contributed by atoms with Crippen molar-refractivity contribution in [3.8, 4) is 11.5 Å². The van der Waals surface area contributed by atoms with Crippen molar-refractivity contribution in [1.82, 2.24) is 4.90 Å². The van der Waals surface area contributed by atoms with E-state index in [1.54, 1.807) is 6.07 Å². The summed E-state index contributed by atoms with van der Waals surface area (Å²) in [5.74, 6) is 1.32. The highest BCUT2D eigenvalue weighted by atomic mass is 32.2. The predicted molar refractivity (Wildman–Crippen MR) is 82.4 cm³/mol. The molecule has 1 unspecified atom stereocenters. The number of hydrogen-bond donors (Lipinski definition) is 1. The van der Waals surface area contributed by atoms with Gasteiger partial charge in [-0.25, -0.2) is 8.42 Å². The van der Waals surface area contributed by atoms with Gasteiger partial charge in [0.25, 0.3) is 0 Å². The van der Waals surface area contributed by atoms with Crippen molar-refractivity contribution in [2.24, 2.45) is 0 Å². The van der Waals surface area contributed by atoms with Crippen LogP contribution in [0, 0.1) is 0 Å². The lowest BCUT2D eigenvalue weighted by Gasteiger charge is -2.23. The van der Waals surface area contributed by atoms with E-state index in [1.165, 1.54) is 0 Å². The molecule has 0 saturated carbocycles. The summed E-state index contributed by atoms with van der Waals surface area (Å²) >= 11 is 0. The van der Waals surface area contributed by atoms with E-state index in [-0.39, 0.29) is 23.3 Å². The molecule has 1 aliphatic heterocycles. The lowest BCUT2D eigenvalue weighted by atomic mass is 10.1. The Morgan fingerprint density at radius 3 is 2.76 bits per heavy atom. The molecule has 0 spiro atoms. The molecule has 1 atom stereocenters. The van der Waals surface area contributed by atoms with Crippen LogP contribution in [0.15, 0.2) is 18.2 Å². The van der Waals surface area contributed by atoms with Crippen LogP contribution in [0.5, 0.6) is 11.5 Å². The van der Waals surface area contributed by atoms with Crippen LogP contribution in [0.2, 0.25) is 0 Å². The minimum atomic E-state index is -2.88. The van der Waals surface area contributed by atoms with Crippen molar-refractivity contribution in [2.45, 2.75) is 32.4 Å². The van der Waals surface area contributed by atoms with Crippen LogP contribution in [0.1, 0.15) is 25.3 Å². The van der Waals surface area contributed by atoms with Crippen molar-refractivity contribution < 1.29 is 18.3 Å². The number of sulfone groups is 1. The summed E-state index contributed by atoms with van der Waals surface area (Å²) < 4.78 is 28.5. The zero-order valence-corrected chi connectivity index (χ0v) is 13.4. The van der Waals surface area contributed by atoms with Crippen molar-refractivity contribution in [1.29, 1.82) is 0 Å². The standard InChI is InChI=1S/C15H23NO4S/c1-3-7-20-14-5-4-12(15(17)9-14)10-16(2)13-6-8-21(18,19)11-13/h4-5,9,13,17H,3,6-8,10-11H2,1-2H3. The molecular formula is C15H23NO4S. The van der Waals surface area contributed by atoms with Gasteiger partial charge in [0, 0.05) is 24.2 Å². The number of hydrogen-bond acceptors (Lipinski definition) is 5. The molecule has 1 saturated heterocycles. The predicted octanol–water partition coefficient (Wildman–Crippen LogP) is 1.80. The maximum absolute atomic E-state index is 11.5. The smallest absolute Gasteiger partial charge is 0.151 e. The number of phenols is 1. The molecule has 0 bridgehead atoms. The lowest BCUT2D eigenvalue weighted by molar-refractivity contribution is 0.250. The number of nitrogens with zero attached hydrogens (tertiary/aromatic N) is 1. The van der Waals surface area contributed by atoms with E-state index in [2.05, 4.69) is 0 Å². The molecule has 118 valence electrons. The normalized spacial score (nSPS) is 20.8. The summed E-state index contributed by atoms with van der Waals surface area (Å²) in [4.78, 5) is 1.99. The van der Waals surface area contributed by atoms with Crippen LogP contribution in [-0.2, 0) is 16.4 Å². The maximum Gasteiger partial charge on any atom is 0.151 e. The Hall–Kier alpha value is -1.27. The number of ether oxygens (including phenoxy) is 1. The minimum Gasteiger partial charge on any atom is -0.507 e. The average Bonchev–Trinajstić information content (AvgIpc) is 2.79. The molecule has 0 aromatic heterocycles. The van der Waals surface area contributed by atoms with Gasteiger partial charge in [-0.15, -0.1) is 0 Å². The second-order valence-corrected chi connectivity index (χ2v) is 7.84. The molecule has 6 heteroatoms. The van der Waals surface area contributed by atoms with Crippen LogP contribution in [0.25, 0.3) is 0 Å². The van der Waals surface area contributed by atoms with Gasteiger partial charge in [0.2, 0.25) is 0 Å². The number of benzene rings is 1. The molecular weight excluding hydrogens is 290 g/mol. The van der Waals surface area contributed by atoms with Crippen LogP contribution >= 0.6 is 0 Å². The highest BCUT2D eigenvalue weighted by Crippen LogP contribution is 2.26. The Balaban J connectivity index is 1.99. The lowest BCUT2D eigenvalue weighted by Crippen LogP contribution is -2.32. The third kappa shape index (κ3) is 4.35. The third-order valence-corrected chi connectivity index (χ3v) is 5.53. The van der Waals surface area contributed by atoms with E-state index >= 15 is 0 Å². The molecule has 1 fully saturated rings. The Bertz CT molecular complexity index is 585. The van der Waals surface area contributed by atoms with E-state index < -0.39 is 9.84 Å². The highest BCUT2D eigenvalue weighted by Gasteiger charge is 2.30. The monoisotopic (exact) mass is 313 g/mol. The van der Waals surface area contributed by atoms with Crippen LogP contribution < -0.4 is 4.74 Å². The minimum absolute atomic E-state index is 0.0328. The quantitative estimate of drug-likeness (QED) is 0.867. The molecule has 1 heterocycles. The first-order valence-electron chi connectivity index (χ1n) is 7.26. The molecule has 0 amide bonds. The van der Waals surface area contributed by atoms with E-state index in [0.29, 0.717) is 25.3 Å². The molecule has 0 radical (unpaired) electrons. The Labute approximate surface area is 126 Å². The Morgan fingerprint density at radius 1 is 1.43 bits per heavy atom. The molecule has 0 aliphatic carbocycles. The second kappa shape index (κ2) is 6.66. The number of phenolic OH excluding ortho intramolecular Hbond substituents is 1. The summed E-state index contributed by atoms with van der Waals surface area (Å²) in [6.45, 7) is 3.18. The fraction of sp³-hybridized carbons (Fsp3) is 0.600. The van der Waals surface area contributed by atoms with Crippen molar-refractivity contribution >= 4 is 9.84 Å².